The molecule has 0 saturated carbocycles. The van der Waals surface area contributed by atoms with Crippen molar-refractivity contribution in [2.75, 3.05) is 0 Å². The summed E-state index contributed by atoms with van der Waals surface area (Å²) in [5.41, 5.74) is 2.24. The van der Waals surface area contributed by atoms with Gasteiger partial charge in [-0.25, -0.2) is 4.98 Å². The molecule has 0 amide bonds. The molecule has 0 aliphatic rings. The number of aryl methyl sites for hydroxylation is 1. The number of hydrogen-bond donors (Lipinski definition) is 1. The average Bonchev–Trinajstić information content (AvgIpc) is 2.73. The number of aldehydes is 1. The van der Waals surface area contributed by atoms with Gasteiger partial charge in [0.1, 0.15) is 11.5 Å². The Balaban J connectivity index is 2.49. The highest BCUT2D eigenvalue weighted by Gasteiger charge is 2.10. The van der Waals surface area contributed by atoms with Gasteiger partial charge < -0.3 is 4.98 Å². The first-order valence-corrected chi connectivity index (χ1v) is 5.72. The molecule has 0 aliphatic heterocycles. The number of nitrogens with zero attached hydrogens (tertiary/aromatic N) is 1. The number of rotatable bonds is 3. The summed E-state index contributed by atoms with van der Waals surface area (Å²) in [6.07, 6.45) is 1.61. The van der Waals surface area contributed by atoms with E-state index in [1.54, 1.807) is 0 Å². The summed E-state index contributed by atoms with van der Waals surface area (Å²) in [5, 5.41) is 1.11. The molecule has 0 aliphatic carbocycles. The molecule has 1 N–H and O–H groups in total. The highest BCUT2D eigenvalue weighted by Crippen LogP contribution is 2.20. The Bertz CT molecular complexity index is 502. The number of hydrogen-bond acceptors (Lipinski definition) is 2. The van der Waals surface area contributed by atoms with Gasteiger partial charge in [-0.3, -0.25) is 4.79 Å². The van der Waals surface area contributed by atoms with Gasteiger partial charge in [-0.15, -0.1) is 9.24 Å². The van der Waals surface area contributed by atoms with Gasteiger partial charge in [0.25, 0.3) is 0 Å². The fourth-order valence-electron chi connectivity index (χ4n) is 1.55. The number of aromatic nitrogens is 2. The van der Waals surface area contributed by atoms with Crippen molar-refractivity contribution in [1.29, 1.82) is 0 Å². The lowest BCUT2D eigenvalue weighted by Crippen LogP contribution is -1.90. The van der Waals surface area contributed by atoms with Gasteiger partial charge in [0.05, 0.1) is 5.69 Å². The van der Waals surface area contributed by atoms with Crippen LogP contribution in [0.3, 0.4) is 0 Å². The number of nitrogens with one attached hydrogen (secondary N) is 1. The third-order valence-corrected chi connectivity index (χ3v) is 2.80. The number of H-pyrrole nitrogens is 1. The minimum atomic E-state index is 0.549. The average molecular weight is 232 g/mol. The monoisotopic (exact) mass is 232 g/mol. The Labute approximate surface area is 96.5 Å². The minimum absolute atomic E-state index is 0.549. The van der Waals surface area contributed by atoms with Gasteiger partial charge >= 0.3 is 0 Å². The van der Waals surface area contributed by atoms with Crippen molar-refractivity contribution in [2.24, 2.45) is 0 Å². The van der Waals surface area contributed by atoms with E-state index in [4.69, 9.17) is 0 Å². The van der Waals surface area contributed by atoms with Crippen LogP contribution in [0.4, 0.5) is 0 Å². The van der Waals surface area contributed by atoms with Crippen molar-refractivity contribution in [3.8, 4) is 11.3 Å². The summed E-state index contributed by atoms with van der Waals surface area (Å²) in [6.45, 7) is 2.00. The predicted molar refractivity (Wildman–Crippen MR) is 68.1 cm³/mol. The Morgan fingerprint density at radius 2 is 2.06 bits per heavy atom. The first-order chi connectivity index (χ1) is 7.74. The quantitative estimate of drug-likeness (QED) is 0.649. The maximum Gasteiger partial charge on any atom is 0.168 e. The molecular weight excluding hydrogens is 219 g/mol. The molecule has 0 saturated heterocycles. The molecular formula is C12H13N2OP. The summed E-state index contributed by atoms with van der Waals surface area (Å²) >= 11 is 0. The van der Waals surface area contributed by atoms with Crippen molar-refractivity contribution >= 4 is 20.8 Å². The van der Waals surface area contributed by atoms with E-state index in [0.29, 0.717) is 5.69 Å². The van der Waals surface area contributed by atoms with Crippen LogP contribution in [-0.2, 0) is 6.42 Å². The van der Waals surface area contributed by atoms with Crippen LogP contribution in [0, 0.1) is 0 Å². The van der Waals surface area contributed by atoms with E-state index in [9.17, 15) is 4.79 Å². The van der Waals surface area contributed by atoms with Crippen molar-refractivity contribution < 1.29 is 4.79 Å². The molecule has 1 aromatic carbocycles. The molecule has 16 heavy (non-hydrogen) atoms. The van der Waals surface area contributed by atoms with Crippen LogP contribution in [0.15, 0.2) is 24.3 Å². The zero-order valence-corrected chi connectivity index (χ0v) is 10.2. The molecule has 2 aromatic rings. The maximum absolute atomic E-state index is 10.9. The summed E-state index contributed by atoms with van der Waals surface area (Å²) < 4.78 is 0. The van der Waals surface area contributed by atoms with E-state index in [2.05, 4.69) is 19.2 Å². The van der Waals surface area contributed by atoms with E-state index in [1.807, 2.05) is 31.2 Å². The Morgan fingerprint density at radius 3 is 2.62 bits per heavy atom. The fraction of sp³-hybridized carbons (Fsp3) is 0.167. The first-order valence-electron chi connectivity index (χ1n) is 5.14. The summed E-state index contributed by atoms with van der Waals surface area (Å²) in [7, 11) is 2.63. The molecule has 1 aromatic heterocycles. The van der Waals surface area contributed by atoms with Crippen LogP contribution in [0.1, 0.15) is 23.2 Å². The lowest BCUT2D eigenvalue weighted by molar-refractivity contribution is 0.112. The third kappa shape index (κ3) is 2.05. The maximum atomic E-state index is 10.9. The molecule has 82 valence electrons. The van der Waals surface area contributed by atoms with Gasteiger partial charge in [0.2, 0.25) is 0 Å². The molecule has 0 spiro atoms. The molecule has 1 unspecified atom stereocenters. The number of carbonyl (C=O) groups excluding carboxylic acids is 1. The third-order valence-electron chi connectivity index (χ3n) is 2.42. The number of carbonyl (C=O) groups is 1. The van der Waals surface area contributed by atoms with Crippen molar-refractivity contribution in [3.63, 3.8) is 0 Å². The lowest BCUT2D eigenvalue weighted by Gasteiger charge is -1.98. The lowest BCUT2D eigenvalue weighted by atomic mass is 10.1. The van der Waals surface area contributed by atoms with Crippen LogP contribution < -0.4 is 5.30 Å². The fourth-order valence-corrected chi connectivity index (χ4v) is 1.74. The smallest absolute Gasteiger partial charge is 0.168 e. The molecule has 1 heterocycles. The van der Waals surface area contributed by atoms with E-state index < -0.39 is 0 Å². The number of imidazole rings is 1. The molecule has 3 nitrogen and oxygen atoms in total. The Morgan fingerprint density at radius 1 is 1.38 bits per heavy atom. The second kappa shape index (κ2) is 4.58. The topological polar surface area (TPSA) is 45.8 Å². The predicted octanol–water partition coefficient (Wildman–Crippen LogP) is 1.95. The van der Waals surface area contributed by atoms with E-state index in [1.165, 1.54) is 0 Å². The van der Waals surface area contributed by atoms with E-state index in [-0.39, 0.29) is 0 Å². The first kappa shape index (κ1) is 11.0. The summed E-state index contributed by atoms with van der Waals surface area (Å²) in [4.78, 5) is 18.3. The van der Waals surface area contributed by atoms with Gasteiger partial charge in [0, 0.05) is 12.0 Å². The Hall–Kier alpha value is -1.47. The molecule has 4 heteroatoms. The van der Waals surface area contributed by atoms with Crippen LogP contribution in [0.2, 0.25) is 0 Å². The molecule has 0 fully saturated rings. The largest absolute Gasteiger partial charge is 0.339 e. The van der Waals surface area contributed by atoms with Crippen LogP contribution in [0.5, 0.6) is 0 Å². The molecule has 1 atom stereocenters. The second-order valence-electron chi connectivity index (χ2n) is 3.54. The zero-order valence-electron chi connectivity index (χ0n) is 9.03. The van der Waals surface area contributed by atoms with E-state index in [0.717, 1.165) is 35.1 Å². The second-order valence-corrected chi connectivity index (χ2v) is 4.21. The highest BCUT2D eigenvalue weighted by atomic mass is 31.0. The zero-order chi connectivity index (χ0) is 11.5. The van der Waals surface area contributed by atoms with Crippen molar-refractivity contribution in [1.82, 2.24) is 9.97 Å². The minimum Gasteiger partial charge on any atom is -0.339 e. The van der Waals surface area contributed by atoms with Crippen LogP contribution in [-0.4, -0.2) is 16.3 Å². The molecule has 2 rings (SSSR count). The van der Waals surface area contributed by atoms with Crippen LogP contribution >= 0.6 is 9.24 Å². The van der Waals surface area contributed by atoms with Gasteiger partial charge in [0.15, 0.2) is 6.29 Å². The standard InChI is InChI=1S/C12H13N2OP/c1-2-11-13-10(7-15)12(14-11)8-3-5-9(16)6-4-8/h3-7H,2,16H2,1H3,(H,13,14). The SMILES string of the molecule is CCc1nc(-c2ccc(P)cc2)c(C=O)[nH]1. The van der Waals surface area contributed by atoms with Crippen LogP contribution in [0.25, 0.3) is 11.3 Å². The number of benzene rings is 1. The normalized spacial score (nSPS) is 10.4. The number of aromatic amines is 1. The highest BCUT2D eigenvalue weighted by molar-refractivity contribution is 7.27. The van der Waals surface area contributed by atoms with Gasteiger partial charge in [-0.1, -0.05) is 31.2 Å². The van der Waals surface area contributed by atoms with E-state index >= 15 is 0 Å². The molecule has 0 bridgehead atoms. The summed E-state index contributed by atoms with van der Waals surface area (Å²) in [5.74, 6) is 0.840. The summed E-state index contributed by atoms with van der Waals surface area (Å²) in [6, 6.07) is 7.89. The Kier molecular flexibility index (Phi) is 3.16. The van der Waals surface area contributed by atoms with Gasteiger partial charge in [-0.05, 0) is 5.30 Å². The van der Waals surface area contributed by atoms with Gasteiger partial charge in [-0.2, -0.15) is 0 Å². The van der Waals surface area contributed by atoms with Crippen molar-refractivity contribution in [2.45, 2.75) is 13.3 Å². The molecule has 0 radical (unpaired) electrons. The van der Waals surface area contributed by atoms with Crippen molar-refractivity contribution in [3.05, 3.63) is 35.8 Å².